The summed E-state index contributed by atoms with van der Waals surface area (Å²) in [5, 5.41) is 4.82. The van der Waals surface area contributed by atoms with Gasteiger partial charge in [0.25, 0.3) is 5.91 Å². The first kappa shape index (κ1) is 20.6. The van der Waals surface area contributed by atoms with E-state index in [0.717, 1.165) is 6.07 Å². The van der Waals surface area contributed by atoms with Crippen LogP contribution >= 0.6 is 0 Å². The zero-order chi connectivity index (χ0) is 21.6. The van der Waals surface area contributed by atoms with Gasteiger partial charge in [0.05, 0.1) is 0 Å². The molecule has 1 saturated heterocycles. The first-order chi connectivity index (χ1) is 13.5. The lowest BCUT2D eigenvalue weighted by Crippen LogP contribution is -2.41. The number of fused-ring (bicyclic) bond motifs is 2. The monoisotopic (exact) mass is 407 g/mol. The van der Waals surface area contributed by atoms with Crippen molar-refractivity contribution in [1.82, 2.24) is 10.2 Å². The van der Waals surface area contributed by atoms with E-state index in [1.807, 2.05) is 0 Å². The summed E-state index contributed by atoms with van der Waals surface area (Å²) in [5.74, 6) is -2.37. The van der Waals surface area contributed by atoms with Crippen LogP contribution < -0.4 is 10.6 Å². The molecule has 3 rings (SSSR count). The summed E-state index contributed by atoms with van der Waals surface area (Å²) in [7, 11) is 1.42. The highest BCUT2D eigenvalue weighted by Gasteiger charge is 2.59. The zero-order valence-corrected chi connectivity index (χ0v) is 16.6. The van der Waals surface area contributed by atoms with Crippen molar-refractivity contribution in [3.8, 4) is 0 Å². The SMILES string of the molecule is CNC(=O)Nc1cc(F)c2c(c1)CC[C@]21OC(=O)N(CC(=O)OC(C)(C)C)C1=O. The molecule has 0 bridgehead atoms. The molecule has 2 N–H and O–H groups in total. The van der Waals surface area contributed by atoms with Crippen LogP contribution in [0, 0.1) is 5.82 Å². The Labute approximate surface area is 166 Å². The predicted octanol–water partition coefficient (Wildman–Crippen LogP) is 2.04. The van der Waals surface area contributed by atoms with Crippen LogP contribution in [-0.4, -0.2) is 48.1 Å². The number of nitrogens with zero attached hydrogens (tertiary/aromatic N) is 1. The van der Waals surface area contributed by atoms with Crippen molar-refractivity contribution in [1.29, 1.82) is 0 Å². The molecule has 9 nitrogen and oxygen atoms in total. The van der Waals surface area contributed by atoms with E-state index in [4.69, 9.17) is 9.47 Å². The second-order valence-electron chi connectivity index (χ2n) is 7.87. The Kier molecular flexibility index (Phi) is 4.97. The van der Waals surface area contributed by atoms with E-state index in [1.54, 1.807) is 20.8 Å². The predicted molar refractivity (Wildman–Crippen MR) is 98.5 cm³/mol. The van der Waals surface area contributed by atoms with Crippen molar-refractivity contribution in [3.05, 3.63) is 29.1 Å². The van der Waals surface area contributed by atoms with E-state index in [9.17, 15) is 23.6 Å². The molecule has 2 aliphatic rings. The number of rotatable bonds is 3. The number of aryl methyl sites for hydroxylation is 1. The summed E-state index contributed by atoms with van der Waals surface area (Å²) < 4.78 is 25.3. The van der Waals surface area contributed by atoms with Gasteiger partial charge in [0.15, 0.2) is 0 Å². The van der Waals surface area contributed by atoms with Crippen molar-refractivity contribution in [2.75, 3.05) is 18.9 Å². The number of halogens is 1. The molecule has 1 fully saturated rings. The summed E-state index contributed by atoms with van der Waals surface area (Å²) in [6, 6.07) is 2.06. The number of hydrogen-bond donors (Lipinski definition) is 2. The van der Waals surface area contributed by atoms with Gasteiger partial charge in [-0.3, -0.25) is 9.59 Å². The van der Waals surface area contributed by atoms with Crippen LogP contribution in [0.5, 0.6) is 0 Å². The first-order valence-electron chi connectivity index (χ1n) is 9.05. The number of benzene rings is 1. The van der Waals surface area contributed by atoms with E-state index in [-0.39, 0.29) is 24.1 Å². The topological polar surface area (TPSA) is 114 Å². The van der Waals surface area contributed by atoms with Gasteiger partial charge in [-0.05, 0) is 44.9 Å². The third-order valence-electron chi connectivity index (χ3n) is 4.59. The molecule has 1 aromatic rings. The van der Waals surface area contributed by atoms with Crippen LogP contribution in [0.4, 0.5) is 19.7 Å². The lowest BCUT2D eigenvalue weighted by atomic mass is 9.94. The molecule has 1 heterocycles. The van der Waals surface area contributed by atoms with Crippen LogP contribution in [0.1, 0.15) is 38.3 Å². The van der Waals surface area contributed by atoms with Crippen molar-refractivity contribution in [2.24, 2.45) is 0 Å². The maximum absolute atomic E-state index is 14.9. The second-order valence-corrected chi connectivity index (χ2v) is 7.87. The third kappa shape index (κ3) is 3.74. The molecule has 0 saturated carbocycles. The highest BCUT2D eigenvalue weighted by molar-refractivity contribution is 6.06. The Morgan fingerprint density at radius 1 is 1.31 bits per heavy atom. The average molecular weight is 407 g/mol. The maximum Gasteiger partial charge on any atom is 0.418 e. The Morgan fingerprint density at radius 2 is 2.00 bits per heavy atom. The minimum atomic E-state index is -1.82. The Bertz CT molecular complexity index is 910. The molecule has 0 radical (unpaired) electrons. The standard InChI is InChI=1S/C19H22FN3O6/c1-18(2,3)28-13(24)9-23-15(25)19(29-17(23)27)6-5-10-7-11(22-16(26)21-4)8-12(20)14(10)19/h7-8H,5-6,9H2,1-4H3,(H2,21,22,26)/t19-/m0/s1. The molecule has 4 amide bonds. The van der Waals surface area contributed by atoms with Crippen LogP contribution in [0.3, 0.4) is 0 Å². The number of amides is 4. The molecule has 29 heavy (non-hydrogen) atoms. The molecule has 1 aromatic carbocycles. The van der Waals surface area contributed by atoms with Crippen molar-refractivity contribution in [3.63, 3.8) is 0 Å². The van der Waals surface area contributed by atoms with Gasteiger partial charge in [0.1, 0.15) is 18.0 Å². The fourth-order valence-corrected chi connectivity index (χ4v) is 3.52. The Balaban J connectivity index is 1.88. The molecule has 10 heteroatoms. The molecular formula is C19H22FN3O6. The lowest BCUT2D eigenvalue weighted by molar-refractivity contribution is -0.157. The van der Waals surface area contributed by atoms with Gasteiger partial charge in [0, 0.05) is 24.7 Å². The Morgan fingerprint density at radius 3 is 2.62 bits per heavy atom. The van der Waals surface area contributed by atoms with Crippen molar-refractivity contribution < 1.29 is 33.0 Å². The fourth-order valence-electron chi connectivity index (χ4n) is 3.52. The molecule has 156 valence electrons. The lowest BCUT2D eigenvalue weighted by Gasteiger charge is -2.22. The summed E-state index contributed by atoms with van der Waals surface area (Å²) >= 11 is 0. The van der Waals surface area contributed by atoms with E-state index in [0.29, 0.717) is 10.5 Å². The fraction of sp³-hybridized carbons (Fsp3) is 0.474. The van der Waals surface area contributed by atoms with Crippen LogP contribution in [0.15, 0.2) is 12.1 Å². The summed E-state index contributed by atoms with van der Waals surface area (Å²) in [6.07, 6.45) is -0.729. The van der Waals surface area contributed by atoms with Crippen LogP contribution in [0.25, 0.3) is 0 Å². The maximum atomic E-state index is 14.9. The summed E-state index contributed by atoms with van der Waals surface area (Å²) in [5.41, 5.74) is -2.01. The number of anilines is 1. The van der Waals surface area contributed by atoms with Gasteiger partial charge in [0.2, 0.25) is 5.60 Å². The number of nitrogens with one attached hydrogen (secondary N) is 2. The number of carbonyl (C=O) groups excluding carboxylic acids is 4. The molecule has 0 aromatic heterocycles. The molecule has 1 aliphatic carbocycles. The van der Waals surface area contributed by atoms with Crippen molar-refractivity contribution in [2.45, 2.75) is 44.8 Å². The number of carbonyl (C=O) groups is 4. The highest BCUT2D eigenvalue weighted by atomic mass is 19.1. The normalized spacial score (nSPS) is 20.5. The minimum Gasteiger partial charge on any atom is -0.459 e. The molecule has 0 unspecified atom stereocenters. The van der Waals surface area contributed by atoms with Gasteiger partial charge in [-0.1, -0.05) is 0 Å². The quantitative estimate of drug-likeness (QED) is 0.742. The van der Waals surface area contributed by atoms with Gasteiger partial charge >= 0.3 is 18.1 Å². The van der Waals surface area contributed by atoms with E-state index < -0.39 is 47.6 Å². The number of imide groups is 1. The number of hydrogen-bond acceptors (Lipinski definition) is 6. The van der Waals surface area contributed by atoms with E-state index in [1.165, 1.54) is 13.1 Å². The third-order valence-corrected chi connectivity index (χ3v) is 4.59. The van der Waals surface area contributed by atoms with Gasteiger partial charge in [-0.2, -0.15) is 0 Å². The van der Waals surface area contributed by atoms with Gasteiger partial charge < -0.3 is 20.1 Å². The van der Waals surface area contributed by atoms with Crippen LogP contribution in [0.2, 0.25) is 0 Å². The number of ether oxygens (including phenoxy) is 2. The average Bonchev–Trinajstić information content (AvgIpc) is 3.07. The molecule has 1 aliphatic heterocycles. The highest BCUT2D eigenvalue weighted by Crippen LogP contribution is 2.47. The van der Waals surface area contributed by atoms with Gasteiger partial charge in [-0.15, -0.1) is 0 Å². The largest absolute Gasteiger partial charge is 0.459 e. The summed E-state index contributed by atoms with van der Waals surface area (Å²) in [6.45, 7) is 4.35. The van der Waals surface area contributed by atoms with Gasteiger partial charge in [-0.25, -0.2) is 18.9 Å². The molecule has 1 atom stereocenters. The summed E-state index contributed by atoms with van der Waals surface area (Å²) in [4.78, 5) is 49.5. The Hall–Kier alpha value is -3.17. The smallest absolute Gasteiger partial charge is 0.418 e. The minimum absolute atomic E-state index is 0.0398. The van der Waals surface area contributed by atoms with Crippen LogP contribution in [-0.2, 0) is 31.1 Å². The first-order valence-corrected chi connectivity index (χ1v) is 9.05. The van der Waals surface area contributed by atoms with Crippen molar-refractivity contribution >= 4 is 29.7 Å². The number of urea groups is 1. The molecule has 1 spiro atoms. The number of esters is 1. The zero-order valence-electron chi connectivity index (χ0n) is 16.6. The second kappa shape index (κ2) is 7.02. The van der Waals surface area contributed by atoms with E-state index >= 15 is 0 Å². The van der Waals surface area contributed by atoms with E-state index in [2.05, 4.69) is 10.6 Å². The molecular weight excluding hydrogens is 385 g/mol.